The van der Waals surface area contributed by atoms with Crippen LogP contribution in [0.2, 0.25) is 0 Å². The molecule has 0 N–H and O–H groups in total. The Labute approximate surface area is 157 Å². The molecular formula is C23H20N2O2. The third kappa shape index (κ3) is 4.29. The van der Waals surface area contributed by atoms with E-state index in [1.54, 1.807) is 18.6 Å². The lowest BCUT2D eigenvalue weighted by molar-refractivity contribution is -0.118. The van der Waals surface area contributed by atoms with Gasteiger partial charge in [-0.3, -0.25) is 9.78 Å². The number of benzene rings is 2. The SMILES string of the molecule is O=C(CCCc1ccc(-c2ccc3oncc3c2)cc1)Cc1cccnc1. The molecule has 27 heavy (non-hydrogen) atoms. The van der Waals surface area contributed by atoms with Crippen LogP contribution >= 0.6 is 0 Å². The van der Waals surface area contributed by atoms with E-state index in [0.717, 1.165) is 40.5 Å². The van der Waals surface area contributed by atoms with E-state index in [-0.39, 0.29) is 5.78 Å². The van der Waals surface area contributed by atoms with Crippen LogP contribution in [0, 0.1) is 0 Å². The van der Waals surface area contributed by atoms with Crippen LogP contribution in [0.15, 0.2) is 77.7 Å². The van der Waals surface area contributed by atoms with E-state index in [0.29, 0.717) is 12.8 Å². The van der Waals surface area contributed by atoms with Gasteiger partial charge in [0.25, 0.3) is 0 Å². The van der Waals surface area contributed by atoms with Crippen molar-refractivity contribution in [2.24, 2.45) is 0 Å². The van der Waals surface area contributed by atoms with Crippen molar-refractivity contribution in [3.05, 3.63) is 84.3 Å². The molecule has 134 valence electrons. The van der Waals surface area contributed by atoms with Gasteiger partial charge in [-0.2, -0.15) is 0 Å². The van der Waals surface area contributed by atoms with Crippen molar-refractivity contribution in [3.8, 4) is 11.1 Å². The number of ketones is 1. The standard InChI is InChI=1S/C23H20N2O2/c26-22(13-18-4-2-12-24-15-18)5-1-3-17-6-8-19(9-7-17)20-10-11-23-21(14-20)16-25-27-23/h2,4,6-12,14-16H,1,3,5,13H2. The fourth-order valence-corrected chi connectivity index (χ4v) is 3.22. The van der Waals surface area contributed by atoms with Crippen LogP contribution in [0.25, 0.3) is 22.1 Å². The van der Waals surface area contributed by atoms with Gasteiger partial charge >= 0.3 is 0 Å². The number of pyridine rings is 1. The minimum atomic E-state index is 0.265. The first-order valence-corrected chi connectivity index (χ1v) is 9.12. The molecule has 4 aromatic rings. The molecule has 0 atom stereocenters. The third-order valence-electron chi connectivity index (χ3n) is 4.69. The molecule has 2 aromatic heterocycles. The quantitative estimate of drug-likeness (QED) is 0.466. The number of rotatable bonds is 7. The Morgan fingerprint density at radius 1 is 0.926 bits per heavy atom. The van der Waals surface area contributed by atoms with Crippen LogP contribution in [0.5, 0.6) is 0 Å². The van der Waals surface area contributed by atoms with Crippen molar-refractivity contribution >= 4 is 16.8 Å². The van der Waals surface area contributed by atoms with Crippen LogP contribution in [-0.2, 0) is 17.6 Å². The van der Waals surface area contributed by atoms with Gasteiger partial charge in [0.05, 0.1) is 6.20 Å². The van der Waals surface area contributed by atoms with Gasteiger partial charge in [-0.05, 0) is 53.3 Å². The maximum Gasteiger partial charge on any atom is 0.166 e. The number of aromatic nitrogens is 2. The van der Waals surface area contributed by atoms with E-state index in [1.807, 2.05) is 24.3 Å². The van der Waals surface area contributed by atoms with Crippen molar-refractivity contribution in [2.45, 2.75) is 25.7 Å². The summed E-state index contributed by atoms with van der Waals surface area (Å²) in [5, 5.41) is 4.82. The fraction of sp³-hybridized carbons (Fsp3) is 0.174. The lowest BCUT2D eigenvalue weighted by Crippen LogP contribution is -2.03. The highest BCUT2D eigenvalue weighted by Gasteiger charge is 2.05. The Balaban J connectivity index is 1.32. The van der Waals surface area contributed by atoms with Gasteiger partial charge in [-0.15, -0.1) is 0 Å². The first-order valence-electron chi connectivity index (χ1n) is 9.12. The average Bonchev–Trinajstić information content (AvgIpc) is 3.17. The van der Waals surface area contributed by atoms with Crippen LogP contribution in [-0.4, -0.2) is 15.9 Å². The molecule has 2 heterocycles. The normalized spacial score (nSPS) is 11.0. The summed E-state index contributed by atoms with van der Waals surface area (Å²) in [6, 6.07) is 18.4. The topological polar surface area (TPSA) is 56.0 Å². The molecule has 0 aliphatic heterocycles. The molecule has 0 radical (unpaired) electrons. The molecular weight excluding hydrogens is 336 g/mol. The maximum atomic E-state index is 12.1. The zero-order chi connectivity index (χ0) is 18.5. The number of fused-ring (bicyclic) bond motifs is 1. The number of aryl methyl sites for hydroxylation is 1. The first kappa shape index (κ1) is 17.2. The van der Waals surface area contributed by atoms with Crippen molar-refractivity contribution in [1.82, 2.24) is 10.1 Å². The van der Waals surface area contributed by atoms with Gasteiger partial charge in [0.2, 0.25) is 0 Å². The van der Waals surface area contributed by atoms with E-state index < -0.39 is 0 Å². The molecule has 4 heteroatoms. The van der Waals surface area contributed by atoms with E-state index in [4.69, 9.17) is 4.52 Å². The van der Waals surface area contributed by atoms with Gasteiger partial charge in [-0.1, -0.05) is 41.6 Å². The monoisotopic (exact) mass is 356 g/mol. The summed E-state index contributed by atoms with van der Waals surface area (Å²) >= 11 is 0. The van der Waals surface area contributed by atoms with Crippen LogP contribution < -0.4 is 0 Å². The summed E-state index contributed by atoms with van der Waals surface area (Å²) < 4.78 is 5.15. The number of carbonyl (C=O) groups is 1. The molecule has 0 fully saturated rings. The maximum absolute atomic E-state index is 12.1. The summed E-state index contributed by atoms with van der Waals surface area (Å²) in [6.07, 6.45) is 8.05. The highest BCUT2D eigenvalue weighted by molar-refractivity contribution is 5.82. The minimum Gasteiger partial charge on any atom is -0.356 e. The predicted octanol–water partition coefficient (Wildman–Crippen LogP) is 5.02. The molecule has 4 nitrogen and oxygen atoms in total. The van der Waals surface area contributed by atoms with E-state index in [1.165, 1.54) is 5.56 Å². The molecule has 0 aliphatic carbocycles. The summed E-state index contributed by atoms with van der Waals surface area (Å²) in [5.41, 5.74) is 5.33. The first-order chi connectivity index (χ1) is 13.3. The third-order valence-corrected chi connectivity index (χ3v) is 4.69. The largest absolute Gasteiger partial charge is 0.356 e. The summed E-state index contributed by atoms with van der Waals surface area (Å²) in [7, 11) is 0. The Hall–Kier alpha value is -3.27. The number of Topliss-reactive ketones (excluding diaryl/α,β-unsaturated/α-hetero) is 1. The molecule has 0 saturated heterocycles. The van der Waals surface area contributed by atoms with Gasteiger partial charge < -0.3 is 4.52 Å². The Bertz CT molecular complexity index is 1040. The minimum absolute atomic E-state index is 0.265. The molecule has 0 unspecified atom stereocenters. The lowest BCUT2D eigenvalue weighted by atomic mass is 9.99. The number of hydrogen-bond acceptors (Lipinski definition) is 4. The highest BCUT2D eigenvalue weighted by atomic mass is 16.5. The fourth-order valence-electron chi connectivity index (χ4n) is 3.22. The van der Waals surface area contributed by atoms with Crippen LogP contribution in [0.4, 0.5) is 0 Å². The zero-order valence-electron chi connectivity index (χ0n) is 15.0. The van der Waals surface area contributed by atoms with E-state index in [2.05, 4.69) is 40.5 Å². The van der Waals surface area contributed by atoms with Crippen molar-refractivity contribution < 1.29 is 9.32 Å². The van der Waals surface area contributed by atoms with Crippen molar-refractivity contribution in [2.75, 3.05) is 0 Å². The molecule has 0 amide bonds. The Kier molecular flexibility index (Phi) is 5.06. The van der Waals surface area contributed by atoms with Gasteiger partial charge in [0, 0.05) is 30.6 Å². The second kappa shape index (κ2) is 7.96. The average molecular weight is 356 g/mol. The number of nitrogens with zero attached hydrogens (tertiary/aromatic N) is 2. The smallest absolute Gasteiger partial charge is 0.166 e. The van der Waals surface area contributed by atoms with E-state index in [9.17, 15) is 4.79 Å². The van der Waals surface area contributed by atoms with Gasteiger partial charge in [0.15, 0.2) is 5.58 Å². The molecule has 0 aliphatic rings. The second-order valence-electron chi connectivity index (χ2n) is 6.71. The van der Waals surface area contributed by atoms with Crippen molar-refractivity contribution in [3.63, 3.8) is 0 Å². The van der Waals surface area contributed by atoms with Crippen LogP contribution in [0.1, 0.15) is 24.0 Å². The lowest BCUT2D eigenvalue weighted by Gasteiger charge is -2.05. The summed E-state index contributed by atoms with van der Waals surface area (Å²) in [4.78, 5) is 16.1. The summed E-state index contributed by atoms with van der Waals surface area (Å²) in [6.45, 7) is 0. The summed E-state index contributed by atoms with van der Waals surface area (Å²) in [5.74, 6) is 0.265. The van der Waals surface area contributed by atoms with Crippen molar-refractivity contribution in [1.29, 1.82) is 0 Å². The highest BCUT2D eigenvalue weighted by Crippen LogP contribution is 2.25. The Morgan fingerprint density at radius 3 is 2.59 bits per heavy atom. The molecule has 2 aromatic carbocycles. The molecule has 4 rings (SSSR count). The number of hydrogen-bond donors (Lipinski definition) is 0. The van der Waals surface area contributed by atoms with Crippen LogP contribution in [0.3, 0.4) is 0 Å². The molecule has 0 saturated carbocycles. The number of carbonyl (C=O) groups excluding carboxylic acids is 1. The second-order valence-corrected chi connectivity index (χ2v) is 6.71. The zero-order valence-corrected chi connectivity index (χ0v) is 15.0. The Morgan fingerprint density at radius 2 is 1.78 bits per heavy atom. The van der Waals surface area contributed by atoms with E-state index >= 15 is 0 Å². The van der Waals surface area contributed by atoms with Gasteiger partial charge in [-0.25, -0.2) is 0 Å². The van der Waals surface area contributed by atoms with Gasteiger partial charge in [0.1, 0.15) is 5.78 Å². The molecule has 0 bridgehead atoms. The molecule has 0 spiro atoms. The predicted molar refractivity (Wildman–Crippen MR) is 105 cm³/mol.